The Morgan fingerprint density at radius 1 is 1.38 bits per heavy atom. The molecular formula is C17H17ClN2O4. The molecule has 1 aliphatic rings. The van der Waals surface area contributed by atoms with E-state index in [0.29, 0.717) is 30.2 Å². The van der Waals surface area contributed by atoms with Gasteiger partial charge in [-0.15, -0.1) is 0 Å². The highest BCUT2D eigenvalue weighted by Gasteiger charge is 2.34. The molecule has 1 amide bonds. The number of hydrogen-bond acceptors (Lipinski definition) is 4. The molecule has 2 unspecified atom stereocenters. The van der Waals surface area contributed by atoms with E-state index in [2.05, 4.69) is 5.16 Å². The summed E-state index contributed by atoms with van der Waals surface area (Å²) in [6, 6.07) is 8.71. The molecule has 1 saturated heterocycles. The molecule has 1 fully saturated rings. The number of aromatic nitrogens is 1. The Kier molecular flexibility index (Phi) is 4.57. The van der Waals surface area contributed by atoms with Gasteiger partial charge in [0.15, 0.2) is 0 Å². The first-order valence-corrected chi connectivity index (χ1v) is 8.08. The summed E-state index contributed by atoms with van der Waals surface area (Å²) in [4.78, 5) is 25.3. The van der Waals surface area contributed by atoms with Crippen molar-refractivity contribution >= 4 is 23.5 Å². The second-order valence-corrected chi connectivity index (χ2v) is 6.49. The van der Waals surface area contributed by atoms with Crippen LogP contribution in [0, 0.1) is 11.8 Å². The number of nitrogens with zero attached hydrogens (tertiary/aromatic N) is 2. The van der Waals surface area contributed by atoms with E-state index >= 15 is 0 Å². The third kappa shape index (κ3) is 3.28. The van der Waals surface area contributed by atoms with Gasteiger partial charge < -0.3 is 14.5 Å². The van der Waals surface area contributed by atoms with Gasteiger partial charge in [-0.3, -0.25) is 9.59 Å². The lowest BCUT2D eigenvalue weighted by Crippen LogP contribution is -2.44. The maximum Gasteiger partial charge on any atom is 0.306 e. The Morgan fingerprint density at radius 2 is 2.17 bits per heavy atom. The summed E-state index contributed by atoms with van der Waals surface area (Å²) in [7, 11) is 0. The Morgan fingerprint density at radius 3 is 2.83 bits per heavy atom. The van der Waals surface area contributed by atoms with Crippen LogP contribution >= 0.6 is 11.6 Å². The monoisotopic (exact) mass is 348 g/mol. The predicted molar refractivity (Wildman–Crippen MR) is 87.8 cm³/mol. The Balaban J connectivity index is 1.74. The first-order valence-electron chi connectivity index (χ1n) is 7.70. The smallest absolute Gasteiger partial charge is 0.306 e. The summed E-state index contributed by atoms with van der Waals surface area (Å²) in [5.41, 5.74) is 1.30. The molecule has 24 heavy (non-hydrogen) atoms. The highest BCUT2D eigenvalue weighted by molar-refractivity contribution is 6.30. The third-order valence-electron chi connectivity index (χ3n) is 4.35. The minimum Gasteiger partial charge on any atom is -0.481 e. The van der Waals surface area contributed by atoms with Crippen molar-refractivity contribution < 1.29 is 19.2 Å². The number of carbonyl (C=O) groups is 2. The quantitative estimate of drug-likeness (QED) is 0.921. The number of rotatable bonds is 3. The maximum atomic E-state index is 12.6. The fourth-order valence-electron chi connectivity index (χ4n) is 3.01. The van der Waals surface area contributed by atoms with Crippen molar-refractivity contribution in [1.82, 2.24) is 10.1 Å². The minimum absolute atomic E-state index is 0.101. The van der Waals surface area contributed by atoms with Gasteiger partial charge in [-0.1, -0.05) is 35.8 Å². The fraction of sp³-hybridized carbons (Fsp3) is 0.353. The molecule has 2 heterocycles. The molecule has 1 aliphatic heterocycles. The number of piperidine rings is 1. The molecular weight excluding hydrogens is 332 g/mol. The Hall–Kier alpha value is -2.34. The van der Waals surface area contributed by atoms with Crippen LogP contribution in [0.5, 0.6) is 0 Å². The lowest BCUT2D eigenvalue weighted by Gasteiger charge is -2.34. The summed E-state index contributed by atoms with van der Waals surface area (Å²) in [6.45, 7) is 2.63. The van der Waals surface area contributed by atoms with E-state index in [4.69, 9.17) is 21.2 Å². The first kappa shape index (κ1) is 16.5. The van der Waals surface area contributed by atoms with Gasteiger partial charge in [-0.05, 0) is 24.5 Å². The number of carboxylic acids is 1. The summed E-state index contributed by atoms with van der Waals surface area (Å²) in [5, 5.41) is 13.7. The van der Waals surface area contributed by atoms with Gasteiger partial charge in [0.25, 0.3) is 5.91 Å². The first-order chi connectivity index (χ1) is 11.5. The van der Waals surface area contributed by atoms with E-state index in [1.54, 1.807) is 29.2 Å². The number of aliphatic carboxylic acids is 1. The number of carboxylic acid groups (broad SMARTS) is 1. The molecule has 0 aliphatic carbocycles. The standard InChI is InChI=1S/C17H17ClN2O4/c1-10-9-20(6-5-13(10)17(22)23)16(21)15-8-14(19-24-15)11-3-2-4-12(18)7-11/h2-4,7-8,10,13H,5-6,9H2,1H3,(H,22,23). The third-order valence-corrected chi connectivity index (χ3v) is 4.59. The second-order valence-electron chi connectivity index (χ2n) is 6.05. The number of hydrogen-bond donors (Lipinski definition) is 1. The number of benzene rings is 1. The van der Waals surface area contributed by atoms with Crippen LogP contribution in [0.1, 0.15) is 23.9 Å². The lowest BCUT2D eigenvalue weighted by atomic mass is 9.87. The number of carbonyl (C=O) groups excluding carboxylic acids is 1. The Labute approximate surface area is 144 Å². The zero-order chi connectivity index (χ0) is 17.3. The molecule has 7 heteroatoms. The van der Waals surface area contributed by atoms with Gasteiger partial charge in [0.1, 0.15) is 5.69 Å². The van der Waals surface area contributed by atoms with Gasteiger partial charge >= 0.3 is 5.97 Å². The van der Waals surface area contributed by atoms with E-state index in [9.17, 15) is 9.59 Å². The SMILES string of the molecule is CC1CN(C(=O)c2cc(-c3cccc(Cl)c3)no2)CCC1C(=O)O. The molecule has 3 rings (SSSR count). The van der Waals surface area contributed by atoms with Gasteiger partial charge in [-0.2, -0.15) is 0 Å². The number of amides is 1. The zero-order valence-corrected chi connectivity index (χ0v) is 13.9. The molecule has 1 N–H and O–H groups in total. The number of likely N-dealkylation sites (tertiary alicyclic amines) is 1. The molecule has 1 aromatic heterocycles. The van der Waals surface area contributed by atoms with Gasteiger partial charge in [0.2, 0.25) is 5.76 Å². The van der Waals surface area contributed by atoms with Gasteiger partial charge in [0.05, 0.1) is 5.92 Å². The van der Waals surface area contributed by atoms with Crippen molar-refractivity contribution in [1.29, 1.82) is 0 Å². The highest BCUT2D eigenvalue weighted by Crippen LogP contribution is 2.26. The van der Waals surface area contributed by atoms with Crippen LogP contribution in [0.4, 0.5) is 0 Å². The predicted octanol–water partition coefficient (Wildman–Crippen LogP) is 3.18. The van der Waals surface area contributed by atoms with Crippen LogP contribution in [0.25, 0.3) is 11.3 Å². The molecule has 0 bridgehead atoms. The fourth-order valence-corrected chi connectivity index (χ4v) is 3.20. The molecule has 126 valence electrons. The van der Waals surface area contributed by atoms with E-state index < -0.39 is 11.9 Å². The topological polar surface area (TPSA) is 83.6 Å². The van der Waals surface area contributed by atoms with Crippen molar-refractivity contribution in [3.8, 4) is 11.3 Å². The van der Waals surface area contributed by atoms with Crippen molar-refractivity contribution in [2.75, 3.05) is 13.1 Å². The summed E-state index contributed by atoms with van der Waals surface area (Å²) < 4.78 is 5.18. The summed E-state index contributed by atoms with van der Waals surface area (Å²) in [6.07, 6.45) is 0.442. The zero-order valence-electron chi connectivity index (χ0n) is 13.1. The normalized spacial score (nSPS) is 20.8. The molecule has 2 atom stereocenters. The largest absolute Gasteiger partial charge is 0.481 e. The second kappa shape index (κ2) is 6.65. The molecule has 0 radical (unpaired) electrons. The highest BCUT2D eigenvalue weighted by atomic mass is 35.5. The molecule has 0 spiro atoms. The van der Waals surface area contributed by atoms with Crippen LogP contribution < -0.4 is 0 Å². The van der Waals surface area contributed by atoms with Crippen LogP contribution in [-0.4, -0.2) is 40.1 Å². The number of halogens is 1. The van der Waals surface area contributed by atoms with E-state index in [0.717, 1.165) is 5.56 Å². The van der Waals surface area contributed by atoms with E-state index in [1.807, 2.05) is 13.0 Å². The van der Waals surface area contributed by atoms with Crippen LogP contribution in [-0.2, 0) is 4.79 Å². The van der Waals surface area contributed by atoms with E-state index in [-0.39, 0.29) is 17.6 Å². The molecule has 2 aromatic rings. The van der Waals surface area contributed by atoms with Crippen molar-refractivity contribution in [2.45, 2.75) is 13.3 Å². The van der Waals surface area contributed by atoms with Crippen LogP contribution in [0.2, 0.25) is 5.02 Å². The van der Waals surface area contributed by atoms with Gasteiger partial charge in [-0.25, -0.2) is 0 Å². The molecule has 1 aromatic carbocycles. The summed E-state index contributed by atoms with van der Waals surface area (Å²) in [5.74, 6) is -1.45. The van der Waals surface area contributed by atoms with Crippen molar-refractivity contribution in [3.05, 3.63) is 41.1 Å². The molecule has 0 saturated carbocycles. The summed E-state index contributed by atoms with van der Waals surface area (Å²) >= 11 is 5.96. The Bertz CT molecular complexity index is 773. The van der Waals surface area contributed by atoms with Crippen molar-refractivity contribution in [2.24, 2.45) is 11.8 Å². The van der Waals surface area contributed by atoms with Crippen LogP contribution in [0.15, 0.2) is 34.9 Å². The minimum atomic E-state index is -0.808. The van der Waals surface area contributed by atoms with Crippen LogP contribution in [0.3, 0.4) is 0 Å². The van der Waals surface area contributed by atoms with Gasteiger partial charge in [0, 0.05) is 29.7 Å². The average molecular weight is 349 g/mol. The average Bonchev–Trinajstić information content (AvgIpc) is 3.03. The van der Waals surface area contributed by atoms with Crippen molar-refractivity contribution in [3.63, 3.8) is 0 Å². The lowest BCUT2D eigenvalue weighted by molar-refractivity contribution is -0.145. The maximum absolute atomic E-state index is 12.6. The van der Waals surface area contributed by atoms with E-state index in [1.165, 1.54) is 0 Å². The molecule has 6 nitrogen and oxygen atoms in total.